The third-order valence-corrected chi connectivity index (χ3v) is 6.08. The van der Waals surface area contributed by atoms with Crippen LogP contribution < -0.4 is 0 Å². The van der Waals surface area contributed by atoms with Crippen molar-refractivity contribution in [1.29, 1.82) is 0 Å². The molecule has 2 unspecified atom stereocenters. The monoisotopic (exact) mass is 430 g/mol. The summed E-state index contributed by atoms with van der Waals surface area (Å²) >= 11 is 12.6. The van der Waals surface area contributed by atoms with Gasteiger partial charge in [0.2, 0.25) is 4.33 Å². The van der Waals surface area contributed by atoms with E-state index in [0.29, 0.717) is 0 Å². The van der Waals surface area contributed by atoms with E-state index < -0.39 is 39.8 Å². The smallest absolute Gasteiger partial charge is 0.311 e. The predicted octanol–water partition coefficient (Wildman–Crippen LogP) is 3.42. The summed E-state index contributed by atoms with van der Waals surface area (Å²) in [5, 5.41) is 0. The first-order valence-electron chi connectivity index (χ1n) is 9.01. The number of ketones is 1. The molecular weight excluding hydrogens is 407 g/mol. The van der Waals surface area contributed by atoms with Gasteiger partial charge in [-0.05, 0) is 26.3 Å². The van der Waals surface area contributed by atoms with E-state index in [1.165, 1.54) is 7.11 Å². The Labute approximate surface area is 174 Å². The fourth-order valence-corrected chi connectivity index (χ4v) is 3.90. The summed E-state index contributed by atoms with van der Waals surface area (Å²) < 4.78 is 21.3. The highest BCUT2D eigenvalue weighted by molar-refractivity contribution is 6.61. The predicted molar refractivity (Wildman–Crippen MR) is 103 cm³/mol. The highest BCUT2D eigenvalue weighted by Gasteiger charge is 2.76. The number of hydrogen-bond acceptors (Lipinski definition) is 6. The molecule has 2 aliphatic rings. The van der Waals surface area contributed by atoms with Gasteiger partial charge < -0.3 is 18.9 Å². The van der Waals surface area contributed by atoms with Crippen LogP contribution >= 0.6 is 23.2 Å². The molecule has 1 heterocycles. The lowest BCUT2D eigenvalue weighted by molar-refractivity contribution is -0.209. The molecule has 0 amide bonds. The average molecular weight is 431 g/mol. The van der Waals surface area contributed by atoms with Crippen LogP contribution in [0.15, 0.2) is 30.3 Å². The Hall–Kier alpha value is -1.18. The number of carbonyl (C=O) groups excluding carboxylic acids is 2. The van der Waals surface area contributed by atoms with E-state index >= 15 is 0 Å². The van der Waals surface area contributed by atoms with Gasteiger partial charge in [-0.25, -0.2) is 0 Å². The van der Waals surface area contributed by atoms with E-state index in [0.717, 1.165) is 5.56 Å². The van der Waals surface area contributed by atoms with Crippen molar-refractivity contribution >= 4 is 35.0 Å². The van der Waals surface area contributed by atoms with Crippen molar-refractivity contribution in [3.8, 4) is 0 Å². The average Bonchev–Trinajstić information content (AvgIpc) is 2.95. The Bertz CT molecular complexity index is 745. The first-order valence-corrected chi connectivity index (χ1v) is 9.77. The number of carbonyl (C=O) groups is 2. The molecule has 0 radical (unpaired) electrons. The second kappa shape index (κ2) is 7.58. The number of hydrogen-bond donors (Lipinski definition) is 0. The maximum Gasteiger partial charge on any atom is 0.311 e. The quantitative estimate of drug-likeness (QED) is 0.526. The minimum absolute atomic E-state index is 0.0527. The number of alkyl halides is 2. The van der Waals surface area contributed by atoms with Gasteiger partial charge in [-0.15, -0.1) is 0 Å². The molecule has 8 heteroatoms. The molecule has 1 spiro atoms. The third-order valence-electron chi connectivity index (χ3n) is 5.02. The van der Waals surface area contributed by atoms with Crippen LogP contribution in [0.5, 0.6) is 0 Å². The van der Waals surface area contributed by atoms with E-state index in [-0.39, 0.29) is 18.8 Å². The van der Waals surface area contributed by atoms with Crippen LogP contribution in [0.25, 0.3) is 0 Å². The van der Waals surface area contributed by atoms with Gasteiger partial charge in [-0.3, -0.25) is 9.59 Å². The lowest BCUT2D eigenvalue weighted by Crippen LogP contribution is -2.69. The summed E-state index contributed by atoms with van der Waals surface area (Å²) in [4.78, 5) is 24.6. The Morgan fingerprint density at radius 1 is 1.25 bits per heavy atom. The van der Waals surface area contributed by atoms with Crippen molar-refractivity contribution in [2.24, 2.45) is 5.41 Å². The fourth-order valence-electron chi connectivity index (χ4n) is 3.32. The summed E-state index contributed by atoms with van der Waals surface area (Å²) in [6, 6.07) is 9.45. The van der Waals surface area contributed by atoms with Crippen LogP contribution in [0.2, 0.25) is 0 Å². The van der Waals surface area contributed by atoms with Crippen molar-refractivity contribution < 1.29 is 28.5 Å². The summed E-state index contributed by atoms with van der Waals surface area (Å²) in [5.74, 6) is -0.823. The molecule has 1 saturated carbocycles. The Kier molecular flexibility index (Phi) is 5.82. The molecule has 0 N–H and O–H groups in total. The van der Waals surface area contributed by atoms with Gasteiger partial charge in [0.05, 0.1) is 12.0 Å². The first kappa shape index (κ1) is 21.5. The molecule has 28 heavy (non-hydrogen) atoms. The summed E-state index contributed by atoms with van der Waals surface area (Å²) in [7, 11) is 1.42. The van der Waals surface area contributed by atoms with Crippen molar-refractivity contribution in [2.75, 3.05) is 7.11 Å². The number of halogens is 2. The third kappa shape index (κ3) is 3.57. The Morgan fingerprint density at radius 2 is 1.89 bits per heavy atom. The van der Waals surface area contributed by atoms with E-state index in [1.54, 1.807) is 20.8 Å². The normalized spacial score (nSPS) is 31.6. The maximum absolute atomic E-state index is 12.5. The molecule has 1 aliphatic heterocycles. The minimum atomic E-state index is -1.81. The largest absolute Gasteiger partial charge is 0.454 e. The number of Topliss-reactive ketones (excluding diaryl/α,β-unsaturated/α-hetero) is 1. The van der Waals surface area contributed by atoms with Crippen LogP contribution in [-0.4, -0.2) is 47.3 Å². The standard InChI is InChI=1S/C20H24Cl2O6/c1-18(2,3)17(24)27-14-15(26-11-12-8-6-5-7-9-12)19(28-16(14)25-4)10-13(23)20(19,21)22/h5-9,14-16H,10-11H2,1-4H3/t14-,15?,16?,19+/m1/s1. The van der Waals surface area contributed by atoms with E-state index in [4.69, 9.17) is 42.1 Å². The van der Waals surface area contributed by atoms with Crippen molar-refractivity contribution in [2.45, 2.75) is 62.2 Å². The molecule has 1 aromatic rings. The van der Waals surface area contributed by atoms with Crippen LogP contribution in [0.4, 0.5) is 0 Å². The molecule has 154 valence electrons. The fraction of sp³-hybridized carbons (Fsp3) is 0.600. The lowest BCUT2D eigenvalue weighted by atomic mass is 9.73. The molecule has 2 fully saturated rings. The summed E-state index contributed by atoms with van der Waals surface area (Å²) in [6.07, 6.45) is -2.82. The lowest BCUT2D eigenvalue weighted by Gasteiger charge is -2.49. The second-order valence-electron chi connectivity index (χ2n) is 8.12. The van der Waals surface area contributed by atoms with Crippen molar-refractivity contribution in [3.63, 3.8) is 0 Å². The molecule has 3 rings (SSSR count). The molecule has 0 bridgehead atoms. The van der Waals surface area contributed by atoms with Crippen LogP contribution in [0, 0.1) is 5.41 Å². The highest BCUT2D eigenvalue weighted by Crippen LogP contribution is 2.58. The van der Waals surface area contributed by atoms with Crippen molar-refractivity contribution in [1.82, 2.24) is 0 Å². The first-order chi connectivity index (χ1) is 13.0. The molecule has 4 atom stereocenters. The number of methoxy groups -OCH3 is 1. The van der Waals surface area contributed by atoms with Gasteiger partial charge >= 0.3 is 5.97 Å². The SMILES string of the molecule is COC1O[C@@]2(CC(=O)C2(Cl)Cl)C(OCc2ccccc2)[C@H]1OC(=O)C(C)(C)C. The molecule has 1 saturated heterocycles. The summed E-state index contributed by atoms with van der Waals surface area (Å²) in [6.45, 7) is 5.42. The van der Waals surface area contributed by atoms with Crippen LogP contribution in [0.3, 0.4) is 0 Å². The minimum Gasteiger partial charge on any atom is -0.454 e. The molecular formula is C20H24Cl2O6. The second-order valence-corrected chi connectivity index (χ2v) is 9.45. The number of rotatable bonds is 5. The van der Waals surface area contributed by atoms with E-state index in [1.807, 2.05) is 30.3 Å². The number of ether oxygens (including phenoxy) is 4. The number of benzene rings is 1. The zero-order valence-corrected chi connectivity index (χ0v) is 17.8. The summed E-state index contributed by atoms with van der Waals surface area (Å²) in [5.41, 5.74) is -1.20. The van der Waals surface area contributed by atoms with Gasteiger partial charge in [0, 0.05) is 13.5 Å². The topological polar surface area (TPSA) is 71.1 Å². The van der Waals surface area contributed by atoms with Crippen LogP contribution in [0.1, 0.15) is 32.8 Å². The van der Waals surface area contributed by atoms with E-state index in [9.17, 15) is 9.59 Å². The van der Waals surface area contributed by atoms with Gasteiger partial charge in [-0.2, -0.15) is 0 Å². The number of esters is 1. The van der Waals surface area contributed by atoms with Gasteiger partial charge in [-0.1, -0.05) is 53.5 Å². The Morgan fingerprint density at radius 3 is 2.39 bits per heavy atom. The Balaban J connectivity index is 1.90. The van der Waals surface area contributed by atoms with E-state index in [2.05, 4.69) is 0 Å². The molecule has 6 nitrogen and oxygen atoms in total. The van der Waals surface area contributed by atoms with Crippen molar-refractivity contribution in [3.05, 3.63) is 35.9 Å². The zero-order valence-electron chi connectivity index (χ0n) is 16.2. The van der Waals surface area contributed by atoms with Gasteiger partial charge in [0.25, 0.3) is 0 Å². The maximum atomic E-state index is 12.5. The zero-order chi connectivity index (χ0) is 20.7. The van der Waals surface area contributed by atoms with Gasteiger partial charge in [0.15, 0.2) is 18.2 Å². The molecule has 1 aliphatic carbocycles. The highest BCUT2D eigenvalue weighted by atomic mass is 35.5. The van der Waals surface area contributed by atoms with Gasteiger partial charge in [0.1, 0.15) is 11.7 Å². The molecule has 1 aromatic carbocycles. The van der Waals surface area contributed by atoms with Crippen LogP contribution in [-0.2, 0) is 35.1 Å². The molecule has 0 aromatic heterocycles.